The Kier molecular flexibility index (Phi) is 5.62. The first-order valence-corrected chi connectivity index (χ1v) is 8.16. The highest BCUT2D eigenvalue weighted by Crippen LogP contribution is 2.26. The van der Waals surface area contributed by atoms with Gasteiger partial charge >= 0.3 is 0 Å². The second-order valence-electron chi connectivity index (χ2n) is 6.93. The summed E-state index contributed by atoms with van der Waals surface area (Å²) < 4.78 is 5.80. The molecule has 0 aliphatic heterocycles. The molecule has 0 aromatic heterocycles. The van der Waals surface area contributed by atoms with Crippen molar-refractivity contribution in [2.45, 2.75) is 45.8 Å². The molecule has 3 N–H and O–H groups in total. The van der Waals surface area contributed by atoms with Gasteiger partial charge in [-0.15, -0.1) is 0 Å². The van der Waals surface area contributed by atoms with Gasteiger partial charge in [0.05, 0.1) is 0 Å². The van der Waals surface area contributed by atoms with Crippen molar-refractivity contribution in [1.82, 2.24) is 0 Å². The molecule has 1 unspecified atom stereocenters. The number of benzene rings is 2. The van der Waals surface area contributed by atoms with Crippen molar-refractivity contribution in [1.29, 1.82) is 0 Å². The van der Waals surface area contributed by atoms with Gasteiger partial charge in [0.15, 0.2) is 6.10 Å². The van der Waals surface area contributed by atoms with Gasteiger partial charge in [-0.2, -0.15) is 0 Å². The van der Waals surface area contributed by atoms with Crippen molar-refractivity contribution in [3.8, 4) is 5.75 Å². The topological polar surface area (TPSA) is 64.3 Å². The number of nitrogens with two attached hydrogens (primary N) is 1. The number of rotatable bonds is 5. The molecule has 1 amide bonds. The quantitative estimate of drug-likeness (QED) is 0.877. The lowest BCUT2D eigenvalue weighted by Gasteiger charge is -2.21. The van der Waals surface area contributed by atoms with Crippen LogP contribution in [0.2, 0.25) is 0 Å². The maximum atomic E-state index is 12.3. The summed E-state index contributed by atoms with van der Waals surface area (Å²) in [6, 6.07) is 15.3. The molecule has 0 aliphatic carbocycles. The molecule has 0 saturated carbocycles. The van der Waals surface area contributed by atoms with E-state index in [0.717, 1.165) is 11.3 Å². The molecule has 2 aromatic carbocycles. The molecule has 0 radical (unpaired) electrons. The van der Waals surface area contributed by atoms with Crippen LogP contribution >= 0.6 is 0 Å². The molecule has 0 heterocycles. The van der Waals surface area contributed by atoms with Crippen LogP contribution in [0.4, 0.5) is 5.69 Å². The van der Waals surface area contributed by atoms with Crippen LogP contribution in [0, 0.1) is 0 Å². The van der Waals surface area contributed by atoms with E-state index >= 15 is 0 Å². The summed E-state index contributed by atoms with van der Waals surface area (Å²) in [5.41, 5.74) is 8.54. The van der Waals surface area contributed by atoms with E-state index in [-0.39, 0.29) is 11.3 Å². The minimum absolute atomic E-state index is 0.0373. The zero-order valence-electron chi connectivity index (χ0n) is 14.8. The first kappa shape index (κ1) is 18.0. The molecule has 0 bridgehead atoms. The molecule has 1 atom stereocenters. The molecular weight excluding hydrogens is 300 g/mol. The number of carbonyl (C=O) groups excluding carboxylic acids is 1. The predicted octanol–water partition coefficient (Wildman–Crippen LogP) is 3.85. The fourth-order valence-electron chi connectivity index (χ4n) is 2.26. The molecule has 24 heavy (non-hydrogen) atoms. The van der Waals surface area contributed by atoms with Gasteiger partial charge in [0, 0.05) is 12.2 Å². The molecule has 4 nitrogen and oxygen atoms in total. The fraction of sp³-hybridized carbons (Fsp3) is 0.350. The molecule has 0 saturated heterocycles. The number of carbonyl (C=O) groups is 1. The summed E-state index contributed by atoms with van der Waals surface area (Å²) in [6.07, 6.45) is -0.589. The highest BCUT2D eigenvalue weighted by Gasteiger charge is 2.17. The lowest BCUT2D eigenvalue weighted by atomic mass is 9.87. The largest absolute Gasteiger partial charge is 0.481 e. The summed E-state index contributed by atoms with van der Waals surface area (Å²) in [5, 5.41) is 2.85. The number of hydrogen-bond donors (Lipinski definition) is 2. The van der Waals surface area contributed by atoms with E-state index in [0.29, 0.717) is 12.3 Å². The normalized spacial score (nSPS) is 12.5. The molecule has 0 fully saturated rings. The van der Waals surface area contributed by atoms with Crippen molar-refractivity contribution in [2.24, 2.45) is 5.73 Å². The van der Waals surface area contributed by atoms with Gasteiger partial charge < -0.3 is 15.8 Å². The molecule has 0 aliphatic rings. The third-order valence-corrected chi connectivity index (χ3v) is 3.84. The van der Waals surface area contributed by atoms with Crippen molar-refractivity contribution in [2.75, 3.05) is 5.32 Å². The van der Waals surface area contributed by atoms with E-state index < -0.39 is 6.10 Å². The van der Waals surface area contributed by atoms with Crippen molar-refractivity contribution >= 4 is 11.6 Å². The van der Waals surface area contributed by atoms with Crippen LogP contribution in [0.3, 0.4) is 0 Å². The van der Waals surface area contributed by atoms with E-state index in [2.05, 4.69) is 32.2 Å². The first-order chi connectivity index (χ1) is 11.3. The van der Waals surface area contributed by atoms with Crippen LogP contribution in [0.5, 0.6) is 5.75 Å². The highest BCUT2D eigenvalue weighted by atomic mass is 16.5. The van der Waals surface area contributed by atoms with Crippen LogP contribution in [0.25, 0.3) is 0 Å². The highest BCUT2D eigenvalue weighted by molar-refractivity contribution is 5.94. The van der Waals surface area contributed by atoms with Gasteiger partial charge in [-0.3, -0.25) is 4.79 Å². The van der Waals surface area contributed by atoms with E-state index in [1.165, 1.54) is 5.56 Å². The van der Waals surface area contributed by atoms with Gasteiger partial charge in [0.2, 0.25) is 0 Å². The molecule has 4 heteroatoms. The molecule has 2 rings (SSSR count). The van der Waals surface area contributed by atoms with Crippen LogP contribution in [-0.2, 0) is 16.8 Å². The van der Waals surface area contributed by atoms with Crippen LogP contribution in [0.15, 0.2) is 48.5 Å². The van der Waals surface area contributed by atoms with Crippen LogP contribution < -0.4 is 15.8 Å². The number of anilines is 1. The Morgan fingerprint density at radius 2 is 1.83 bits per heavy atom. The summed E-state index contributed by atoms with van der Waals surface area (Å²) in [5.74, 6) is 0.514. The zero-order chi connectivity index (χ0) is 17.7. The summed E-state index contributed by atoms with van der Waals surface area (Å²) in [7, 11) is 0. The Morgan fingerprint density at radius 1 is 1.17 bits per heavy atom. The van der Waals surface area contributed by atoms with Gasteiger partial charge in [0.1, 0.15) is 5.75 Å². The van der Waals surface area contributed by atoms with Crippen molar-refractivity contribution < 1.29 is 9.53 Å². The van der Waals surface area contributed by atoms with E-state index in [4.69, 9.17) is 10.5 Å². The van der Waals surface area contributed by atoms with Crippen LogP contribution in [-0.4, -0.2) is 12.0 Å². The van der Waals surface area contributed by atoms with E-state index in [9.17, 15) is 4.79 Å². The summed E-state index contributed by atoms with van der Waals surface area (Å²) in [6.45, 7) is 8.67. The monoisotopic (exact) mass is 326 g/mol. The Hall–Kier alpha value is -2.33. The van der Waals surface area contributed by atoms with Crippen molar-refractivity contribution in [3.63, 3.8) is 0 Å². The zero-order valence-corrected chi connectivity index (χ0v) is 14.8. The minimum Gasteiger partial charge on any atom is -0.481 e. The van der Waals surface area contributed by atoms with Gasteiger partial charge in [-0.25, -0.2) is 0 Å². The second kappa shape index (κ2) is 7.49. The Labute approximate surface area is 144 Å². The maximum Gasteiger partial charge on any atom is 0.265 e. The lowest BCUT2D eigenvalue weighted by molar-refractivity contribution is -0.122. The lowest BCUT2D eigenvalue weighted by Crippen LogP contribution is -2.30. The van der Waals surface area contributed by atoms with Crippen LogP contribution in [0.1, 0.15) is 38.8 Å². The third-order valence-electron chi connectivity index (χ3n) is 3.84. The van der Waals surface area contributed by atoms with Crippen molar-refractivity contribution in [3.05, 3.63) is 59.7 Å². The Morgan fingerprint density at radius 3 is 2.42 bits per heavy atom. The number of ether oxygens (including phenoxy) is 1. The van der Waals surface area contributed by atoms with Gasteiger partial charge in [-0.1, -0.05) is 45.0 Å². The predicted molar refractivity (Wildman–Crippen MR) is 98.2 cm³/mol. The molecule has 128 valence electrons. The minimum atomic E-state index is -0.589. The van der Waals surface area contributed by atoms with E-state index in [1.807, 2.05) is 42.5 Å². The number of amides is 1. The Bertz CT molecular complexity index is 688. The van der Waals surface area contributed by atoms with Gasteiger partial charge in [-0.05, 0) is 47.7 Å². The maximum absolute atomic E-state index is 12.3. The van der Waals surface area contributed by atoms with Gasteiger partial charge in [0.25, 0.3) is 5.91 Å². The number of nitrogens with one attached hydrogen (secondary N) is 1. The van der Waals surface area contributed by atoms with E-state index in [1.54, 1.807) is 6.92 Å². The first-order valence-electron chi connectivity index (χ1n) is 8.16. The summed E-state index contributed by atoms with van der Waals surface area (Å²) in [4.78, 5) is 12.3. The second-order valence-corrected chi connectivity index (χ2v) is 6.93. The molecule has 2 aromatic rings. The SMILES string of the molecule is CC(Oc1cccc(C(C)(C)C)c1)C(=O)Nc1ccc(CN)cc1. The average molecular weight is 326 g/mol. The molecular formula is C20H26N2O2. The standard InChI is InChI=1S/C20H26N2O2/c1-14(19(23)22-17-10-8-15(13-21)9-11-17)24-18-7-5-6-16(12-18)20(2,3)4/h5-12,14H,13,21H2,1-4H3,(H,22,23). The average Bonchev–Trinajstić information content (AvgIpc) is 2.55. The summed E-state index contributed by atoms with van der Waals surface area (Å²) >= 11 is 0. The fourth-order valence-corrected chi connectivity index (χ4v) is 2.26. The molecule has 0 spiro atoms. The smallest absolute Gasteiger partial charge is 0.265 e. The number of hydrogen-bond acceptors (Lipinski definition) is 3. The third kappa shape index (κ3) is 4.83. The Balaban J connectivity index is 2.00.